The summed E-state index contributed by atoms with van der Waals surface area (Å²) in [5.41, 5.74) is 5.53. The largest absolute Gasteiger partial charge is 0.376 e. The second kappa shape index (κ2) is 4.40. The minimum absolute atomic E-state index is 0.372. The number of rotatable bonds is 4. The maximum absolute atomic E-state index is 5.71. The second-order valence-corrected chi connectivity index (χ2v) is 4.16. The maximum Gasteiger partial charge on any atom is 0.0809 e. The Morgan fingerprint density at radius 1 is 1.38 bits per heavy atom. The number of ether oxygens (including phenoxy) is 2. The minimum Gasteiger partial charge on any atom is -0.376 e. The third-order valence-electron chi connectivity index (χ3n) is 3.07. The molecule has 0 radical (unpaired) electrons. The smallest absolute Gasteiger partial charge is 0.0809 e. The van der Waals surface area contributed by atoms with E-state index in [0.717, 1.165) is 38.5 Å². The molecule has 3 nitrogen and oxygen atoms in total. The van der Waals surface area contributed by atoms with Crippen molar-refractivity contribution in [3.63, 3.8) is 0 Å². The van der Waals surface area contributed by atoms with Crippen molar-refractivity contribution < 1.29 is 9.47 Å². The molecular formula is C10H19NO2. The molecule has 2 N–H and O–H groups in total. The van der Waals surface area contributed by atoms with E-state index >= 15 is 0 Å². The molecule has 1 aliphatic carbocycles. The van der Waals surface area contributed by atoms with E-state index in [1.807, 2.05) is 0 Å². The molecule has 1 unspecified atom stereocenters. The fourth-order valence-electron chi connectivity index (χ4n) is 2.02. The van der Waals surface area contributed by atoms with E-state index in [-0.39, 0.29) is 0 Å². The summed E-state index contributed by atoms with van der Waals surface area (Å²) >= 11 is 0. The van der Waals surface area contributed by atoms with Crippen molar-refractivity contribution in [1.29, 1.82) is 0 Å². The Bertz CT molecular complexity index is 151. The van der Waals surface area contributed by atoms with Gasteiger partial charge in [0.15, 0.2) is 0 Å². The molecule has 13 heavy (non-hydrogen) atoms. The lowest BCUT2D eigenvalue weighted by atomic mass is 9.82. The van der Waals surface area contributed by atoms with Crippen LogP contribution in [0.3, 0.4) is 0 Å². The summed E-state index contributed by atoms with van der Waals surface area (Å²) in [5, 5.41) is 0. The predicted molar refractivity (Wildman–Crippen MR) is 50.5 cm³/mol. The Labute approximate surface area is 79.6 Å². The van der Waals surface area contributed by atoms with Gasteiger partial charge in [0.2, 0.25) is 0 Å². The molecule has 0 amide bonds. The van der Waals surface area contributed by atoms with Crippen molar-refractivity contribution in [2.75, 3.05) is 19.8 Å². The zero-order chi connectivity index (χ0) is 9.10. The molecule has 76 valence electrons. The molecule has 0 spiro atoms. The molecule has 1 aliphatic heterocycles. The molecule has 0 aromatic heterocycles. The van der Waals surface area contributed by atoms with Crippen LogP contribution >= 0.6 is 0 Å². The average molecular weight is 185 g/mol. The third kappa shape index (κ3) is 2.42. The highest BCUT2D eigenvalue weighted by atomic mass is 16.5. The zero-order valence-electron chi connectivity index (χ0n) is 8.08. The van der Waals surface area contributed by atoms with Crippen molar-refractivity contribution in [3.8, 4) is 0 Å². The zero-order valence-corrected chi connectivity index (χ0v) is 8.08. The van der Waals surface area contributed by atoms with Gasteiger partial charge in [0.05, 0.1) is 18.8 Å². The van der Waals surface area contributed by atoms with E-state index in [1.54, 1.807) is 0 Å². The third-order valence-corrected chi connectivity index (χ3v) is 3.07. The lowest BCUT2D eigenvalue weighted by Crippen LogP contribution is -2.37. The molecule has 2 aliphatic rings. The first-order chi connectivity index (χ1) is 6.38. The summed E-state index contributed by atoms with van der Waals surface area (Å²) in [6.07, 6.45) is 5.53. The standard InChI is InChI=1S/C10H19NO2/c11-6-8-4-10(5-8)13-7-9-2-1-3-12-9/h8-10H,1-7,11H2. The molecule has 1 saturated carbocycles. The Morgan fingerprint density at radius 3 is 2.85 bits per heavy atom. The van der Waals surface area contributed by atoms with E-state index in [0.29, 0.717) is 12.2 Å². The van der Waals surface area contributed by atoms with Gasteiger partial charge in [-0.05, 0) is 38.1 Å². The Kier molecular flexibility index (Phi) is 3.19. The molecule has 2 fully saturated rings. The number of hydrogen-bond acceptors (Lipinski definition) is 3. The fourth-order valence-corrected chi connectivity index (χ4v) is 2.02. The minimum atomic E-state index is 0.372. The molecule has 0 aromatic carbocycles. The van der Waals surface area contributed by atoms with Gasteiger partial charge >= 0.3 is 0 Å². The Morgan fingerprint density at radius 2 is 2.23 bits per heavy atom. The maximum atomic E-state index is 5.71. The van der Waals surface area contributed by atoms with E-state index in [4.69, 9.17) is 15.2 Å². The van der Waals surface area contributed by atoms with Gasteiger partial charge in [-0.1, -0.05) is 0 Å². The van der Waals surface area contributed by atoms with Crippen LogP contribution in [-0.2, 0) is 9.47 Å². The van der Waals surface area contributed by atoms with Gasteiger partial charge in [0.1, 0.15) is 0 Å². The van der Waals surface area contributed by atoms with Gasteiger partial charge in [-0.25, -0.2) is 0 Å². The highest BCUT2D eigenvalue weighted by molar-refractivity contribution is 4.81. The molecular weight excluding hydrogens is 166 g/mol. The van der Waals surface area contributed by atoms with Crippen molar-refractivity contribution in [2.45, 2.75) is 37.9 Å². The summed E-state index contributed by atoms with van der Waals surface area (Å²) in [6.45, 7) is 2.53. The first kappa shape index (κ1) is 9.44. The molecule has 2 rings (SSSR count). The van der Waals surface area contributed by atoms with Crippen LogP contribution in [0.15, 0.2) is 0 Å². The normalized spacial score (nSPS) is 39.0. The Hall–Kier alpha value is -0.120. The quantitative estimate of drug-likeness (QED) is 0.708. The van der Waals surface area contributed by atoms with Gasteiger partial charge in [0.25, 0.3) is 0 Å². The van der Waals surface area contributed by atoms with Crippen molar-refractivity contribution in [2.24, 2.45) is 11.7 Å². The fraction of sp³-hybridized carbons (Fsp3) is 1.00. The second-order valence-electron chi connectivity index (χ2n) is 4.16. The van der Waals surface area contributed by atoms with Gasteiger partial charge < -0.3 is 15.2 Å². The summed E-state index contributed by atoms with van der Waals surface area (Å²) in [7, 11) is 0. The van der Waals surface area contributed by atoms with Crippen molar-refractivity contribution in [1.82, 2.24) is 0 Å². The average Bonchev–Trinajstić information content (AvgIpc) is 2.54. The molecule has 0 bridgehead atoms. The molecule has 0 aromatic rings. The van der Waals surface area contributed by atoms with E-state index < -0.39 is 0 Å². The van der Waals surface area contributed by atoms with E-state index in [1.165, 1.54) is 12.8 Å². The van der Waals surface area contributed by atoms with E-state index in [2.05, 4.69) is 0 Å². The first-order valence-electron chi connectivity index (χ1n) is 5.31. The van der Waals surface area contributed by atoms with Crippen LogP contribution in [0.25, 0.3) is 0 Å². The van der Waals surface area contributed by atoms with Crippen LogP contribution in [0.1, 0.15) is 25.7 Å². The lowest BCUT2D eigenvalue weighted by molar-refractivity contribution is -0.0671. The summed E-state index contributed by atoms with van der Waals surface area (Å²) in [6, 6.07) is 0. The summed E-state index contributed by atoms with van der Waals surface area (Å²) < 4.78 is 11.2. The molecule has 1 saturated heterocycles. The highest BCUT2D eigenvalue weighted by Crippen LogP contribution is 2.29. The number of hydrogen-bond donors (Lipinski definition) is 1. The van der Waals surface area contributed by atoms with E-state index in [9.17, 15) is 0 Å². The van der Waals surface area contributed by atoms with Crippen LogP contribution in [0.2, 0.25) is 0 Å². The lowest BCUT2D eigenvalue weighted by Gasteiger charge is -2.34. The Balaban J connectivity index is 1.54. The summed E-state index contributed by atoms with van der Waals surface area (Å²) in [4.78, 5) is 0. The van der Waals surface area contributed by atoms with Gasteiger partial charge in [0, 0.05) is 6.61 Å². The van der Waals surface area contributed by atoms with Crippen LogP contribution in [0.5, 0.6) is 0 Å². The highest BCUT2D eigenvalue weighted by Gasteiger charge is 2.29. The van der Waals surface area contributed by atoms with Crippen LogP contribution in [-0.4, -0.2) is 32.0 Å². The van der Waals surface area contributed by atoms with Crippen LogP contribution in [0, 0.1) is 5.92 Å². The topological polar surface area (TPSA) is 44.5 Å². The first-order valence-corrected chi connectivity index (χ1v) is 5.31. The SMILES string of the molecule is NCC1CC(OCC2CCCO2)C1. The monoisotopic (exact) mass is 185 g/mol. The predicted octanol–water partition coefficient (Wildman–Crippen LogP) is 0.919. The number of nitrogens with two attached hydrogens (primary N) is 1. The molecule has 3 heteroatoms. The molecule has 1 atom stereocenters. The van der Waals surface area contributed by atoms with Crippen LogP contribution < -0.4 is 5.73 Å². The van der Waals surface area contributed by atoms with Crippen molar-refractivity contribution in [3.05, 3.63) is 0 Å². The van der Waals surface area contributed by atoms with Gasteiger partial charge in [-0.15, -0.1) is 0 Å². The van der Waals surface area contributed by atoms with Crippen LogP contribution in [0.4, 0.5) is 0 Å². The summed E-state index contributed by atoms with van der Waals surface area (Å²) in [5.74, 6) is 0.717. The van der Waals surface area contributed by atoms with Crippen molar-refractivity contribution >= 4 is 0 Å². The van der Waals surface area contributed by atoms with Gasteiger partial charge in [-0.3, -0.25) is 0 Å². The van der Waals surface area contributed by atoms with Gasteiger partial charge in [-0.2, -0.15) is 0 Å². The molecule has 1 heterocycles.